The summed E-state index contributed by atoms with van der Waals surface area (Å²) < 4.78 is 6.58. The first kappa shape index (κ1) is 24.7. The fraction of sp³-hybridized carbons (Fsp3) is 0.0750. The number of benzene rings is 7. The van der Waals surface area contributed by atoms with Crippen molar-refractivity contribution in [1.82, 2.24) is 4.98 Å². The van der Waals surface area contributed by atoms with Gasteiger partial charge in [0.2, 0.25) is 5.89 Å². The fourth-order valence-corrected chi connectivity index (χ4v) is 7.38. The number of halogens is 1. The van der Waals surface area contributed by atoms with Gasteiger partial charge < -0.3 is 4.42 Å². The van der Waals surface area contributed by atoms with Crippen molar-refractivity contribution in [1.29, 1.82) is 0 Å². The third-order valence-electron chi connectivity index (χ3n) is 9.33. The molecule has 7 aromatic carbocycles. The number of nitrogens with zero attached hydrogens (tertiary/aromatic N) is 1. The van der Waals surface area contributed by atoms with E-state index in [1.807, 2.05) is 36.4 Å². The standard InChI is InChI=1S/C40H26ClNO/c1-40(2)33-21-26(13-16-29(33)30-18-15-27(41)22-34(30)40)32-20-25-10-6-7-11-28(25)37-31(32)17-12-23-14-19-35-38(36(23)37)43-39(42-35)24-8-4-3-5-9-24/h3-22H,1-2H3. The van der Waals surface area contributed by atoms with Gasteiger partial charge in [0.25, 0.3) is 0 Å². The quantitative estimate of drug-likeness (QED) is 0.193. The molecule has 0 spiro atoms. The molecule has 43 heavy (non-hydrogen) atoms. The van der Waals surface area contributed by atoms with Gasteiger partial charge in [-0.15, -0.1) is 0 Å². The number of hydrogen-bond donors (Lipinski definition) is 0. The van der Waals surface area contributed by atoms with Crippen LogP contribution in [0.25, 0.3) is 77.1 Å². The highest BCUT2D eigenvalue weighted by Gasteiger charge is 2.35. The first-order valence-corrected chi connectivity index (χ1v) is 15.0. The van der Waals surface area contributed by atoms with Crippen LogP contribution >= 0.6 is 11.6 Å². The smallest absolute Gasteiger partial charge is 0.227 e. The second-order valence-electron chi connectivity index (χ2n) is 12.1. The molecular weight excluding hydrogens is 546 g/mol. The Morgan fingerprint density at radius 3 is 2.19 bits per heavy atom. The van der Waals surface area contributed by atoms with Gasteiger partial charge in [-0.2, -0.15) is 0 Å². The molecule has 1 aromatic heterocycles. The van der Waals surface area contributed by atoms with Crippen molar-refractivity contribution in [2.75, 3.05) is 0 Å². The lowest BCUT2D eigenvalue weighted by Gasteiger charge is -2.22. The van der Waals surface area contributed by atoms with Crippen molar-refractivity contribution in [3.05, 3.63) is 137 Å². The van der Waals surface area contributed by atoms with E-state index in [1.165, 1.54) is 54.9 Å². The van der Waals surface area contributed by atoms with Crippen molar-refractivity contribution in [3.8, 4) is 33.7 Å². The van der Waals surface area contributed by atoms with E-state index >= 15 is 0 Å². The highest BCUT2D eigenvalue weighted by molar-refractivity contribution is 6.31. The van der Waals surface area contributed by atoms with Crippen LogP contribution in [0.2, 0.25) is 5.02 Å². The molecule has 1 heterocycles. The Kier molecular flexibility index (Phi) is 5.04. The summed E-state index contributed by atoms with van der Waals surface area (Å²) in [5.74, 6) is 0.640. The van der Waals surface area contributed by atoms with Gasteiger partial charge >= 0.3 is 0 Å². The van der Waals surface area contributed by atoms with Gasteiger partial charge in [-0.1, -0.05) is 104 Å². The zero-order valence-electron chi connectivity index (χ0n) is 23.8. The first-order chi connectivity index (χ1) is 21.0. The molecule has 1 aliphatic carbocycles. The SMILES string of the molecule is CC1(C)c2cc(Cl)ccc2-c2ccc(-c3cc4ccccc4c4c3ccc3ccc5nc(-c6ccccc6)oc5c34)cc21. The summed E-state index contributed by atoms with van der Waals surface area (Å²) in [7, 11) is 0. The van der Waals surface area contributed by atoms with Crippen LogP contribution in [-0.2, 0) is 5.41 Å². The molecular formula is C40H26ClNO. The number of hydrogen-bond acceptors (Lipinski definition) is 2. The molecule has 0 fully saturated rings. The van der Waals surface area contributed by atoms with E-state index < -0.39 is 0 Å². The normalized spacial score (nSPS) is 13.7. The Balaban J connectivity index is 1.35. The van der Waals surface area contributed by atoms with Crippen LogP contribution in [0.4, 0.5) is 0 Å². The number of oxazole rings is 1. The second-order valence-corrected chi connectivity index (χ2v) is 12.5. The largest absolute Gasteiger partial charge is 0.435 e. The average molecular weight is 572 g/mol. The van der Waals surface area contributed by atoms with E-state index in [-0.39, 0.29) is 5.41 Å². The highest BCUT2D eigenvalue weighted by Crippen LogP contribution is 2.51. The molecule has 0 radical (unpaired) electrons. The molecule has 0 N–H and O–H groups in total. The van der Waals surface area contributed by atoms with Gasteiger partial charge in [0.1, 0.15) is 5.52 Å². The Morgan fingerprint density at radius 1 is 0.581 bits per heavy atom. The molecule has 3 heteroatoms. The van der Waals surface area contributed by atoms with Crippen LogP contribution in [0.1, 0.15) is 25.0 Å². The molecule has 2 nitrogen and oxygen atoms in total. The maximum absolute atomic E-state index is 6.58. The van der Waals surface area contributed by atoms with Crippen LogP contribution in [0.5, 0.6) is 0 Å². The lowest BCUT2D eigenvalue weighted by Crippen LogP contribution is -2.15. The summed E-state index contributed by atoms with van der Waals surface area (Å²) in [6, 6.07) is 43.1. The van der Waals surface area contributed by atoms with Crippen LogP contribution < -0.4 is 0 Å². The summed E-state index contributed by atoms with van der Waals surface area (Å²) >= 11 is 6.45. The lowest BCUT2D eigenvalue weighted by atomic mass is 9.81. The second kappa shape index (κ2) is 8.80. The fourth-order valence-electron chi connectivity index (χ4n) is 7.20. The molecule has 0 aliphatic heterocycles. The summed E-state index contributed by atoms with van der Waals surface area (Å²) in [5, 5.41) is 7.83. The van der Waals surface area contributed by atoms with E-state index in [4.69, 9.17) is 21.0 Å². The van der Waals surface area contributed by atoms with Crippen LogP contribution in [0.3, 0.4) is 0 Å². The van der Waals surface area contributed by atoms with Crippen molar-refractivity contribution in [2.45, 2.75) is 19.3 Å². The molecule has 0 atom stereocenters. The third kappa shape index (κ3) is 3.51. The van der Waals surface area contributed by atoms with E-state index in [9.17, 15) is 0 Å². The Bertz CT molecular complexity index is 2430. The number of aromatic nitrogens is 1. The van der Waals surface area contributed by atoms with Crippen molar-refractivity contribution in [2.24, 2.45) is 0 Å². The zero-order valence-corrected chi connectivity index (χ0v) is 24.5. The van der Waals surface area contributed by atoms with Gasteiger partial charge in [-0.05, 0) is 97.4 Å². The van der Waals surface area contributed by atoms with Gasteiger partial charge in [0.15, 0.2) is 5.58 Å². The van der Waals surface area contributed by atoms with Crippen molar-refractivity contribution in [3.63, 3.8) is 0 Å². The Labute approximate surface area is 254 Å². The zero-order chi connectivity index (χ0) is 28.9. The van der Waals surface area contributed by atoms with Gasteiger partial charge in [-0.25, -0.2) is 4.98 Å². The topological polar surface area (TPSA) is 26.0 Å². The maximum Gasteiger partial charge on any atom is 0.227 e. The van der Waals surface area contributed by atoms with E-state index in [2.05, 4.69) is 98.8 Å². The summed E-state index contributed by atoms with van der Waals surface area (Å²) in [4.78, 5) is 4.91. The molecule has 0 saturated carbocycles. The van der Waals surface area contributed by atoms with E-state index in [0.29, 0.717) is 5.89 Å². The summed E-state index contributed by atoms with van der Waals surface area (Å²) in [6.07, 6.45) is 0. The van der Waals surface area contributed by atoms with Gasteiger partial charge in [0.05, 0.1) is 0 Å². The minimum Gasteiger partial charge on any atom is -0.435 e. The summed E-state index contributed by atoms with van der Waals surface area (Å²) in [6.45, 7) is 4.60. The van der Waals surface area contributed by atoms with Crippen LogP contribution in [0, 0.1) is 0 Å². The molecule has 0 bridgehead atoms. The van der Waals surface area contributed by atoms with Gasteiger partial charge in [0, 0.05) is 26.8 Å². The minimum absolute atomic E-state index is 0.148. The highest BCUT2D eigenvalue weighted by atomic mass is 35.5. The molecule has 1 aliphatic rings. The number of rotatable bonds is 2. The Hall–Kier alpha value is -4.92. The summed E-state index contributed by atoms with van der Waals surface area (Å²) in [5.41, 5.74) is 10.1. The maximum atomic E-state index is 6.58. The van der Waals surface area contributed by atoms with Crippen molar-refractivity contribution < 1.29 is 4.42 Å². The van der Waals surface area contributed by atoms with Gasteiger partial charge in [-0.3, -0.25) is 0 Å². The monoisotopic (exact) mass is 571 g/mol. The van der Waals surface area contributed by atoms with E-state index in [1.54, 1.807) is 0 Å². The van der Waals surface area contributed by atoms with E-state index in [0.717, 1.165) is 32.5 Å². The third-order valence-corrected chi connectivity index (χ3v) is 9.56. The Morgan fingerprint density at radius 2 is 1.33 bits per heavy atom. The number of fused-ring (bicyclic) bond motifs is 10. The van der Waals surface area contributed by atoms with Crippen LogP contribution in [0.15, 0.2) is 126 Å². The molecule has 0 saturated heterocycles. The molecule has 0 amide bonds. The average Bonchev–Trinajstić information content (AvgIpc) is 3.57. The minimum atomic E-state index is -0.148. The predicted molar refractivity (Wildman–Crippen MR) is 180 cm³/mol. The molecule has 8 aromatic rings. The molecule has 204 valence electrons. The molecule has 0 unspecified atom stereocenters. The first-order valence-electron chi connectivity index (χ1n) is 14.7. The van der Waals surface area contributed by atoms with Crippen LogP contribution in [-0.4, -0.2) is 4.98 Å². The lowest BCUT2D eigenvalue weighted by molar-refractivity contribution is 0.623. The molecule has 9 rings (SSSR count). The predicted octanol–water partition coefficient (Wildman–Crippen LogP) is 11.6. The van der Waals surface area contributed by atoms with Crippen molar-refractivity contribution >= 4 is 55.0 Å².